The van der Waals surface area contributed by atoms with Crippen LogP contribution in [-0.2, 0) is 22.6 Å². The Labute approximate surface area is 243 Å². The van der Waals surface area contributed by atoms with E-state index in [9.17, 15) is 19.7 Å². The highest BCUT2D eigenvalue weighted by Gasteiger charge is 2.31. The topological polar surface area (TPSA) is 111 Å². The van der Waals surface area contributed by atoms with E-state index in [0.29, 0.717) is 22.2 Å². The summed E-state index contributed by atoms with van der Waals surface area (Å²) >= 11 is 12.3. The number of rotatable bonds is 13. The molecule has 212 valence electrons. The molecule has 0 heterocycles. The Balaban J connectivity index is 1.93. The van der Waals surface area contributed by atoms with Gasteiger partial charge in [0.2, 0.25) is 11.7 Å². The number of amides is 2. The Morgan fingerprint density at radius 3 is 2.35 bits per heavy atom. The molecule has 0 aliphatic rings. The van der Waals surface area contributed by atoms with Crippen molar-refractivity contribution in [3.05, 3.63) is 98.0 Å². The van der Waals surface area contributed by atoms with E-state index in [0.717, 1.165) is 5.56 Å². The van der Waals surface area contributed by atoms with E-state index in [4.69, 9.17) is 32.7 Å². The number of nitrogens with zero attached hydrogens (tertiary/aromatic N) is 2. The van der Waals surface area contributed by atoms with Gasteiger partial charge in [-0.2, -0.15) is 0 Å². The van der Waals surface area contributed by atoms with Crippen molar-refractivity contribution in [3.8, 4) is 11.5 Å². The SMILES string of the molecule is COc1cc(OCC(=O)N(Cc2ccc(Cl)c(Cl)c2)[C@H](Cc2ccccc2)C(=O)NCC(C)C)ccc1[N+](=O)[O-]. The van der Waals surface area contributed by atoms with Crippen molar-refractivity contribution >= 4 is 40.7 Å². The van der Waals surface area contributed by atoms with Crippen molar-refractivity contribution in [1.29, 1.82) is 0 Å². The highest BCUT2D eigenvalue weighted by Crippen LogP contribution is 2.31. The molecular formula is C29H31Cl2N3O6. The molecule has 40 heavy (non-hydrogen) atoms. The number of ether oxygens (including phenoxy) is 2. The second-order valence-corrected chi connectivity index (χ2v) is 10.3. The number of carbonyl (C=O) groups is 2. The van der Waals surface area contributed by atoms with Crippen LogP contribution in [0.5, 0.6) is 11.5 Å². The largest absolute Gasteiger partial charge is 0.490 e. The van der Waals surface area contributed by atoms with E-state index in [1.54, 1.807) is 18.2 Å². The fourth-order valence-electron chi connectivity index (χ4n) is 3.94. The lowest BCUT2D eigenvalue weighted by Gasteiger charge is -2.31. The van der Waals surface area contributed by atoms with Crippen LogP contribution in [0.15, 0.2) is 66.7 Å². The molecule has 0 bridgehead atoms. The quantitative estimate of drug-likeness (QED) is 0.203. The molecule has 0 aliphatic heterocycles. The summed E-state index contributed by atoms with van der Waals surface area (Å²) in [6.45, 7) is 4.05. The summed E-state index contributed by atoms with van der Waals surface area (Å²) in [5.74, 6) is -0.361. The van der Waals surface area contributed by atoms with E-state index in [2.05, 4.69) is 5.32 Å². The van der Waals surface area contributed by atoms with Gasteiger partial charge >= 0.3 is 5.69 Å². The van der Waals surface area contributed by atoms with Crippen LogP contribution in [0.1, 0.15) is 25.0 Å². The van der Waals surface area contributed by atoms with E-state index in [1.807, 2.05) is 44.2 Å². The van der Waals surface area contributed by atoms with Crippen molar-refractivity contribution in [2.24, 2.45) is 5.92 Å². The molecule has 0 radical (unpaired) electrons. The average molecular weight is 588 g/mol. The van der Waals surface area contributed by atoms with Gasteiger partial charge in [0.05, 0.1) is 22.1 Å². The molecule has 3 rings (SSSR count). The fraction of sp³-hybridized carbons (Fsp3) is 0.310. The maximum atomic E-state index is 13.7. The molecule has 1 N–H and O–H groups in total. The predicted octanol–water partition coefficient (Wildman–Crippen LogP) is 5.70. The summed E-state index contributed by atoms with van der Waals surface area (Å²) < 4.78 is 10.8. The van der Waals surface area contributed by atoms with E-state index in [1.165, 1.54) is 30.2 Å². The van der Waals surface area contributed by atoms with Crippen LogP contribution >= 0.6 is 23.2 Å². The third-order valence-electron chi connectivity index (χ3n) is 6.00. The first kappa shape index (κ1) is 30.7. The zero-order chi connectivity index (χ0) is 29.2. The van der Waals surface area contributed by atoms with Crippen molar-refractivity contribution in [2.75, 3.05) is 20.3 Å². The molecule has 9 nitrogen and oxygen atoms in total. The molecule has 0 unspecified atom stereocenters. The second kappa shape index (κ2) is 14.5. The maximum absolute atomic E-state index is 13.7. The van der Waals surface area contributed by atoms with Gasteiger partial charge in [-0.1, -0.05) is 73.4 Å². The van der Waals surface area contributed by atoms with Gasteiger partial charge in [0, 0.05) is 31.6 Å². The first-order chi connectivity index (χ1) is 19.1. The predicted molar refractivity (Wildman–Crippen MR) is 154 cm³/mol. The molecular weight excluding hydrogens is 557 g/mol. The third kappa shape index (κ3) is 8.59. The number of carbonyl (C=O) groups excluding carboxylic acids is 2. The number of nitro benzene ring substituents is 1. The number of nitrogens with one attached hydrogen (secondary N) is 1. The highest BCUT2D eigenvalue weighted by molar-refractivity contribution is 6.42. The Kier molecular flexibility index (Phi) is 11.2. The van der Waals surface area contributed by atoms with Crippen molar-refractivity contribution in [3.63, 3.8) is 0 Å². The summed E-state index contributed by atoms with van der Waals surface area (Å²) in [5.41, 5.74) is 1.32. The van der Waals surface area contributed by atoms with Gasteiger partial charge in [-0.25, -0.2) is 0 Å². The lowest BCUT2D eigenvalue weighted by Crippen LogP contribution is -2.52. The Morgan fingerprint density at radius 2 is 1.73 bits per heavy atom. The number of hydrogen-bond acceptors (Lipinski definition) is 6. The minimum atomic E-state index is -0.863. The monoisotopic (exact) mass is 587 g/mol. The lowest BCUT2D eigenvalue weighted by molar-refractivity contribution is -0.385. The van der Waals surface area contributed by atoms with Gasteiger partial charge in [0.25, 0.3) is 5.91 Å². The minimum absolute atomic E-state index is 0.00220. The molecule has 11 heteroatoms. The van der Waals surface area contributed by atoms with Gasteiger partial charge in [-0.15, -0.1) is 0 Å². The van der Waals surface area contributed by atoms with Crippen LogP contribution in [0, 0.1) is 16.0 Å². The summed E-state index contributed by atoms with van der Waals surface area (Å²) in [7, 11) is 1.31. The molecule has 3 aromatic carbocycles. The molecule has 3 aromatic rings. The lowest BCUT2D eigenvalue weighted by atomic mass is 10.0. The molecule has 0 saturated heterocycles. The zero-order valence-corrected chi connectivity index (χ0v) is 23.9. The highest BCUT2D eigenvalue weighted by atomic mass is 35.5. The average Bonchev–Trinajstić information content (AvgIpc) is 2.94. The first-order valence-corrected chi connectivity index (χ1v) is 13.3. The second-order valence-electron chi connectivity index (χ2n) is 9.49. The van der Waals surface area contributed by atoms with Gasteiger partial charge in [0.15, 0.2) is 6.61 Å². The Hall–Kier alpha value is -3.82. The van der Waals surface area contributed by atoms with Crippen LogP contribution < -0.4 is 14.8 Å². The number of benzene rings is 3. The smallest absolute Gasteiger partial charge is 0.311 e. The van der Waals surface area contributed by atoms with Gasteiger partial charge in [-0.3, -0.25) is 19.7 Å². The maximum Gasteiger partial charge on any atom is 0.311 e. The van der Waals surface area contributed by atoms with Gasteiger partial charge < -0.3 is 19.7 Å². The number of methoxy groups -OCH3 is 1. The standard InChI is InChI=1S/C29H31Cl2N3O6/c1-19(2)16-32-29(36)26(14-20-7-5-4-6-8-20)33(17-21-9-11-23(30)24(31)13-21)28(35)18-40-22-10-12-25(34(37)38)27(15-22)39-3/h4-13,15,19,26H,14,16-18H2,1-3H3,(H,32,36)/t26-/m1/s1. The van der Waals surface area contributed by atoms with Crippen LogP contribution in [0.2, 0.25) is 10.0 Å². The van der Waals surface area contributed by atoms with Crippen molar-refractivity contribution < 1.29 is 24.0 Å². The molecule has 2 amide bonds. The van der Waals surface area contributed by atoms with Crippen molar-refractivity contribution in [1.82, 2.24) is 10.2 Å². The van der Waals surface area contributed by atoms with E-state index >= 15 is 0 Å². The number of halogens is 2. The number of hydrogen-bond donors (Lipinski definition) is 1. The van der Waals surface area contributed by atoms with E-state index < -0.39 is 23.5 Å². The van der Waals surface area contributed by atoms with Crippen LogP contribution in [0.3, 0.4) is 0 Å². The van der Waals surface area contributed by atoms with Crippen LogP contribution in [0.4, 0.5) is 5.69 Å². The fourth-order valence-corrected chi connectivity index (χ4v) is 4.26. The molecule has 1 atom stereocenters. The summed E-state index contributed by atoms with van der Waals surface area (Å²) in [4.78, 5) is 39.3. The number of nitro groups is 1. The molecule has 0 aromatic heterocycles. The molecule has 0 aliphatic carbocycles. The zero-order valence-electron chi connectivity index (χ0n) is 22.4. The molecule has 0 fully saturated rings. The van der Waals surface area contributed by atoms with Gasteiger partial charge in [0.1, 0.15) is 11.8 Å². The van der Waals surface area contributed by atoms with Crippen molar-refractivity contribution in [2.45, 2.75) is 32.9 Å². The normalized spacial score (nSPS) is 11.6. The van der Waals surface area contributed by atoms with Gasteiger partial charge in [-0.05, 0) is 35.2 Å². The molecule has 0 spiro atoms. The van der Waals surface area contributed by atoms with Crippen LogP contribution in [0.25, 0.3) is 0 Å². The Bertz CT molecular complexity index is 1340. The van der Waals surface area contributed by atoms with Crippen LogP contribution in [-0.4, -0.2) is 47.9 Å². The summed E-state index contributed by atoms with van der Waals surface area (Å²) in [6, 6.07) is 17.5. The summed E-state index contributed by atoms with van der Waals surface area (Å²) in [5, 5.41) is 14.9. The Morgan fingerprint density at radius 1 is 1.00 bits per heavy atom. The molecule has 0 saturated carbocycles. The minimum Gasteiger partial charge on any atom is -0.490 e. The summed E-state index contributed by atoms with van der Waals surface area (Å²) in [6.07, 6.45) is 0.267. The third-order valence-corrected chi connectivity index (χ3v) is 6.74. The van der Waals surface area contributed by atoms with E-state index in [-0.39, 0.29) is 42.0 Å². The first-order valence-electron chi connectivity index (χ1n) is 12.6.